The summed E-state index contributed by atoms with van der Waals surface area (Å²) < 4.78 is 14.8. The van der Waals surface area contributed by atoms with Gasteiger partial charge in [0.05, 0.1) is 18.5 Å². The smallest absolute Gasteiger partial charge is 0.317 e. The molecule has 0 unspecified atom stereocenters. The first-order valence-electron chi connectivity index (χ1n) is 9.35. The minimum Gasteiger partial charge on any atom is -0.481 e. The highest BCUT2D eigenvalue weighted by molar-refractivity contribution is 5.80. The minimum absolute atomic E-state index is 0.0272. The first kappa shape index (κ1) is 18.4. The standard InChI is InChI=1S/C19H22FN5O3/c20-15-5-1-3-13(7-15)9-25-12-22-16(23-25)8-21-18(28)24-10-14-4-2-6-19(14,11-24)17(26)27/h1,3,5,7,12,14H,2,4,6,8-11H2,(H,21,28)(H,26,27)/t14-,19+/m0/s1. The zero-order valence-corrected chi connectivity index (χ0v) is 15.3. The molecule has 2 N–H and O–H groups in total. The van der Waals surface area contributed by atoms with E-state index in [1.165, 1.54) is 18.5 Å². The maximum atomic E-state index is 13.3. The topological polar surface area (TPSA) is 100 Å². The number of aromatic nitrogens is 3. The molecule has 28 heavy (non-hydrogen) atoms. The van der Waals surface area contributed by atoms with Crippen LogP contribution in [0.1, 0.15) is 30.7 Å². The summed E-state index contributed by atoms with van der Waals surface area (Å²) in [6.45, 7) is 1.25. The highest BCUT2D eigenvalue weighted by Gasteiger charge is 2.55. The molecule has 1 saturated heterocycles. The fraction of sp³-hybridized carbons (Fsp3) is 0.474. The van der Waals surface area contributed by atoms with E-state index >= 15 is 0 Å². The minimum atomic E-state index is -0.803. The van der Waals surface area contributed by atoms with Gasteiger partial charge in [0.2, 0.25) is 0 Å². The first-order chi connectivity index (χ1) is 13.5. The number of urea groups is 1. The second kappa shape index (κ2) is 7.21. The van der Waals surface area contributed by atoms with Crippen molar-refractivity contribution in [2.45, 2.75) is 32.4 Å². The maximum Gasteiger partial charge on any atom is 0.317 e. The lowest BCUT2D eigenvalue weighted by Gasteiger charge is -2.23. The lowest BCUT2D eigenvalue weighted by molar-refractivity contribution is -0.149. The number of hydrogen-bond donors (Lipinski definition) is 2. The number of carboxylic acid groups (broad SMARTS) is 1. The SMILES string of the molecule is O=C(NCc1ncn(Cc2cccc(F)c2)n1)N1C[C@@H]2CCC[C@@]2(C(=O)O)C1. The first-order valence-corrected chi connectivity index (χ1v) is 9.35. The van der Waals surface area contributed by atoms with Crippen LogP contribution in [0.15, 0.2) is 30.6 Å². The summed E-state index contributed by atoms with van der Waals surface area (Å²) in [5.74, 6) is -0.640. The zero-order chi connectivity index (χ0) is 19.7. The molecule has 9 heteroatoms. The van der Waals surface area contributed by atoms with Crippen molar-refractivity contribution in [3.8, 4) is 0 Å². The highest BCUT2D eigenvalue weighted by atomic mass is 19.1. The van der Waals surface area contributed by atoms with Gasteiger partial charge in [-0.1, -0.05) is 18.6 Å². The Labute approximate surface area is 161 Å². The fourth-order valence-electron chi connectivity index (χ4n) is 4.37. The third-order valence-corrected chi connectivity index (χ3v) is 5.80. The van der Waals surface area contributed by atoms with Gasteiger partial charge in [0, 0.05) is 13.1 Å². The van der Waals surface area contributed by atoms with E-state index in [9.17, 15) is 19.1 Å². The average molecular weight is 387 g/mol. The zero-order valence-electron chi connectivity index (χ0n) is 15.3. The summed E-state index contributed by atoms with van der Waals surface area (Å²) in [5.41, 5.74) is -0.0228. The quantitative estimate of drug-likeness (QED) is 0.816. The van der Waals surface area contributed by atoms with Crippen molar-refractivity contribution < 1.29 is 19.1 Å². The van der Waals surface area contributed by atoms with Crippen molar-refractivity contribution >= 4 is 12.0 Å². The molecular weight excluding hydrogens is 365 g/mol. The van der Waals surface area contributed by atoms with E-state index in [2.05, 4.69) is 15.4 Å². The summed E-state index contributed by atoms with van der Waals surface area (Å²) in [6.07, 6.45) is 3.91. The van der Waals surface area contributed by atoms with Crippen LogP contribution < -0.4 is 5.32 Å². The molecule has 1 aliphatic heterocycles. The number of aliphatic carboxylic acids is 1. The number of carbonyl (C=O) groups is 2. The van der Waals surface area contributed by atoms with Crippen molar-refractivity contribution in [3.05, 3.63) is 47.8 Å². The van der Waals surface area contributed by atoms with Crippen LogP contribution in [0, 0.1) is 17.2 Å². The van der Waals surface area contributed by atoms with Gasteiger partial charge in [0.25, 0.3) is 0 Å². The molecule has 8 nitrogen and oxygen atoms in total. The van der Waals surface area contributed by atoms with E-state index in [1.54, 1.807) is 21.7 Å². The number of carbonyl (C=O) groups excluding carboxylic acids is 1. The predicted molar refractivity (Wildman–Crippen MR) is 96.7 cm³/mol. The molecule has 4 rings (SSSR count). The van der Waals surface area contributed by atoms with Crippen LogP contribution in [0.25, 0.3) is 0 Å². The molecule has 2 atom stereocenters. The van der Waals surface area contributed by atoms with Gasteiger partial charge >= 0.3 is 12.0 Å². The Balaban J connectivity index is 1.32. The van der Waals surface area contributed by atoms with Crippen LogP contribution in [0.5, 0.6) is 0 Å². The summed E-state index contributed by atoms with van der Waals surface area (Å²) >= 11 is 0. The summed E-state index contributed by atoms with van der Waals surface area (Å²) in [4.78, 5) is 29.9. The van der Waals surface area contributed by atoms with Crippen LogP contribution in [0.3, 0.4) is 0 Å². The largest absolute Gasteiger partial charge is 0.481 e. The number of halogens is 1. The molecule has 2 heterocycles. The second-order valence-corrected chi connectivity index (χ2v) is 7.58. The lowest BCUT2D eigenvalue weighted by atomic mass is 9.81. The molecule has 1 aromatic carbocycles. The Hall–Kier alpha value is -2.97. The molecule has 1 aliphatic carbocycles. The van der Waals surface area contributed by atoms with Crippen molar-refractivity contribution in [3.63, 3.8) is 0 Å². The Kier molecular flexibility index (Phi) is 4.74. The molecule has 0 radical (unpaired) electrons. The van der Waals surface area contributed by atoms with Crippen molar-refractivity contribution in [2.75, 3.05) is 13.1 Å². The molecule has 1 aromatic heterocycles. The summed E-state index contributed by atoms with van der Waals surface area (Å²) in [5, 5.41) is 16.7. The number of carboxylic acids is 1. The van der Waals surface area contributed by atoms with Gasteiger partial charge in [-0.3, -0.25) is 4.79 Å². The normalized spacial score (nSPS) is 23.6. The van der Waals surface area contributed by atoms with Gasteiger partial charge in [0.1, 0.15) is 12.1 Å². The third kappa shape index (κ3) is 3.44. The molecule has 148 valence electrons. The van der Waals surface area contributed by atoms with Crippen molar-refractivity contribution in [2.24, 2.45) is 11.3 Å². The van der Waals surface area contributed by atoms with Gasteiger partial charge in [-0.2, -0.15) is 5.10 Å². The molecule has 1 saturated carbocycles. The summed E-state index contributed by atoms with van der Waals surface area (Å²) in [6, 6.07) is 5.96. The number of hydrogen-bond acceptors (Lipinski definition) is 4. The summed E-state index contributed by atoms with van der Waals surface area (Å²) in [7, 11) is 0. The van der Waals surface area contributed by atoms with Crippen molar-refractivity contribution in [1.82, 2.24) is 25.0 Å². The van der Waals surface area contributed by atoms with Crippen LogP contribution >= 0.6 is 0 Å². The third-order valence-electron chi connectivity index (χ3n) is 5.80. The Morgan fingerprint density at radius 3 is 3.00 bits per heavy atom. The Morgan fingerprint density at radius 1 is 1.39 bits per heavy atom. The van der Waals surface area contributed by atoms with Crippen LogP contribution in [0.2, 0.25) is 0 Å². The second-order valence-electron chi connectivity index (χ2n) is 7.58. The number of nitrogens with zero attached hydrogens (tertiary/aromatic N) is 4. The van der Waals surface area contributed by atoms with Crippen molar-refractivity contribution in [1.29, 1.82) is 0 Å². The van der Waals surface area contributed by atoms with Crippen LogP contribution in [0.4, 0.5) is 9.18 Å². The van der Waals surface area contributed by atoms with Gasteiger partial charge in [-0.05, 0) is 36.5 Å². The van der Waals surface area contributed by atoms with E-state index in [-0.39, 0.29) is 30.9 Å². The van der Waals surface area contributed by atoms with E-state index in [1.807, 2.05) is 0 Å². The Bertz CT molecular complexity index is 901. The monoisotopic (exact) mass is 387 g/mol. The molecular formula is C19H22FN5O3. The van der Waals surface area contributed by atoms with Gasteiger partial charge < -0.3 is 15.3 Å². The number of likely N-dealkylation sites (tertiary alicyclic amines) is 1. The number of benzene rings is 1. The number of rotatable bonds is 5. The van der Waals surface area contributed by atoms with E-state index in [4.69, 9.17) is 0 Å². The number of amides is 2. The van der Waals surface area contributed by atoms with Gasteiger partial charge in [0.15, 0.2) is 5.82 Å². The van der Waals surface area contributed by atoms with Gasteiger partial charge in [-0.25, -0.2) is 18.9 Å². The molecule has 0 spiro atoms. The molecule has 2 amide bonds. The fourth-order valence-corrected chi connectivity index (χ4v) is 4.37. The van der Waals surface area contributed by atoms with E-state index < -0.39 is 11.4 Å². The maximum absolute atomic E-state index is 13.3. The number of nitrogens with one attached hydrogen (secondary N) is 1. The van der Waals surface area contributed by atoms with E-state index in [0.29, 0.717) is 25.3 Å². The average Bonchev–Trinajstić information content (AvgIpc) is 3.34. The predicted octanol–water partition coefficient (Wildman–Crippen LogP) is 1.86. The number of fused-ring (bicyclic) bond motifs is 1. The molecule has 2 aromatic rings. The molecule has 2 aliphatic rings. The lowest BCUT2D eigenvalue weighted by Crippen LogP contribution is -2.41. The van der Waals surface area contributed by atoms with Gasteiger partial charge in [-0.15, -0.1) is 0 Å². The van der Waals surface area contributed by atoms with Crippen LogP contribution in [-0.4, -0.2) is 49.9 Å². The molecule has 0 bridgehead atoms. The van der Waals surface area contributed by atoms with Crippen LogP contribution in [-0.2, 0) is 17.9 Å². The van der Waals surface area contributed by atoms with E-state index in [0.717, 1.165) is 18.4 Å². The molecule has 2 fully saturated rings. The highest BCUT2D eigenvalue weighted by Crippen LogP contribution is 2.48. The Morgan fingerprint density at radius 2 is 2.25 bits per heavy atom.